The Balaban J connectivity index is 2.68. The van der Waals surface area contributed by atoms with Gasteiger partial charge in [-0.05, 0) is 37.1 Å². The number of carboxylic acid groups (broad SMARTS) is 1. The highest BCUT2D eigenvalue weighted by atomic mass is 19.1. The summed E-state index contributed by atoms with van der Waals surface area (Å²) in [7, 11) is 0. The van der Waals surface area contributed by atoms with Crippen LogP contribution in [0.2, 0.25) is 0 Å². The summed E-state index contributed by atoms with van der Waals surface area (Å²) < 4.78 is 12.7. The van der Waals surface area contributed by atoms with E-state index in [0.717, 1.165) is 12.1 Å². The Morgan fingerprint density at radius 3 is 2.50 bits per heavy atom. The molecule has 0 saturated heterocycles. The largest absolute Gasteiger partial charge is 0.480 e. The number of hydrogen-bond donors (Lipinski definition) is 2. The lowest BCUT2D eigenvalue weighted by Gasteiger charge is -2.13. The summed E-state index contributed by atoms with van der Waals surface area (Å²) in [6.45, 7) is 3.49. The molecule has 1 aromatic carbocycles. The maximum atomic E-state index is 12.7. The Labute approximate surface area is 104 Å². The third-order valence-corrected chi connectivity index (χ3v) is 2.37. The molecule has 2 N–H and O–H groups in total. The minimum Gasteiger partial charge on any atom is -0.480 e. The minimum atomic E-state index is -1.10. The number of carbonyl (C=O) groups is 2. The third kappa shape index (κ3) is 4.01. The van der Waals surface area contributed by atoms with Gasteiger partial charge >= 0.3 is 5.97 Å². The van der Waals surface area contributed by atoms with Crippen LogP contribution in [0.3, 0.4) is 0 Å². The van der Waals surface area contributed by atoms with Crippen molar-refractivity contribution in [2.45, 2.75) is 18.9 Å². The van der Waals surface area contributed by atoms with E-state index < -0.39 is 23.7 Å². The van der Waals surface area contributed by atoms with E-state index in [4.69, 9.17) is 5.11 Å². The molecular weight excluding hydrogens is 237 g/mol. The standard InChI is InChI=1S/C13H14FNO3/c1-2-3-4-11(13(17)18)15-12(16)9-5-7-10(14)8-6-9/h2,5-8,11H,1,3-4H2,(H,15,16)(H,17,18)/t11-/m0/s1. The molecule has 0 aliphatic carbocycles. The molecule has 1 amide bonds. The number of hydrogen-bond acceptors (Lipinski definition) is 2. The Hall–Kier alpha value is -2.17. The number of carboxylic acids is 1. The summed E-state index contributed by atoms with van der Waals surface area (Å²) in [5.74, 6) is -2.09. The zero-order chi connectivity index (χ0) is 13.5. The maximum Gasteiger partial charge on any atom is 0.326 e. The Morgan fingerprint density at radius 2 is 2.00 bits per heavy atom. The number of allylic oxidation sites excluding steroid dienone is 1. The van der Waals surface area contributed by atoms with Crippen molar-refractivity contribution in [3.05, 3.63) is 48.3 Å². The van der Waals surface area contributed by atoms with E-state index in [9.17, 15) is 14.0 Å². The van der Waals surface area contributed by atoms with Crippen molar-refractivity contribution in [2.24, 2.45) is 0 Å². The number of amides is 1. The van der Waals surface area contributed by atoms with Gasteiger partial charge < -0.3 is 10.4 Å². The molecule has 0 fully saturated rings. The maximum absolute atomic E-state index is 12.7. The molecule has 0 aliphatic rings. The topological polar surface area (TPSA) is 66.4 Å². The van der Waals surface area contributed by atoms with Crippen LogP contribution in [0.25, 0.3) is 0 Å². The number of nitrogens with one attached hydrogen (secondary N) is 1. The predicted octanol–water partition coefficient (Wildman–Crippen LogP) is 1.97. The van der Waals surface area contributed by atoms with Gasteiger partial charge in [-0.25, -0.2) is 9.18 Å². The average Bonchev–Trinajstić information content (AvgIpc) is 2.34. The van der Waals surface area contributed by atoms with E-state index in [-0.39, 0.29) is 12.0 Å². The van der Waals surface area contributed by atoms with Gasteiger partial charge in [-0.15, -0.1) is 6.58 Å². The number of aliphatic carboxylic acids is 1. The Bertz CT molecular complexity index is 442. The molecular formula is C13H14FNO3. The van der Waals surface area contributed by atoms with Crippen LogP contribution >= 0.6 is 0 Å². The van der Waals surface area contributed by atoms with Crippen LogP contribution in [0.1, 0.15) is 23.2 Å². The molecule has 1 atom stereocenters. The van der Waals surface area contributed by atoms with Crippen LogP contribution in [0, 0.1) is 5.82 Å². The SMILES string of the molecule is C=CCC[C@H](NC(=O)c1ccc(F)cc1)C(=O)O. The van der Waals surface area contributed by atoms with Gasteiger partial charge in [0.05, 0.1) is 0 Å². The van der Waals surface area contributed by atoms with Crippen LogP contribution < -0.4 is 5.32 Å². The van der Waals surface area contributed by atoms with Crippen molar-refractivity contribution in [1.29, 1.82) is 0 Å². The zero-order valence-corrected chi connectivity index (χ0v) is 9.73. The van der Waals surface area contributed by atoms with E-state index in [1.54, 1.807) is 6.08 Å². The molecule has 4 nitrogen and oxygen atoms in total. The fourth-order valence-electron chi connectivity index (χ4n) is 1.38. The smallest absolute Gasteiger partial charge is 0.326 e. The van der Waals surface area contributed by atoms with Gasteiger partial charge in [-0.1, -0.05) is 6.08 Å². The van der Waals surface area contributed by atoms with Gasteiger partial charge in [-0.3, -0.25) is 4.79 Å². The quantitative estimate of drug-likeness (QED) is 0.760. The highest BCUT2D eigenvalue weighted by Gasteiger charge is 2.19. The highest BCUT2D eigenvalue weighted by Crippen LogP contribution is 2.05. The van der Waals surface area contributed by atoms with Crippen LogP contribution in [-0.4, -0.2) is 23.0 Å². The van der Waals surface area contributed by atoms with E-state index in [0.29, 0.717) is 6.42 Å². The van der Waals surface area contributed by atoms with E-state index in [1.165, 1.54) is 12.1 Å². The molecule has 0 spiro atoms. The molecule has 18 heavy (non-hydrogen) atoms. The Morgan fingerprint density at radius 1 is 1.39 bits per heavy atom. The fraction of sp³-hybridized carbons (Fsp3) is 0.231. The van der Waals surface area contributed by atoms with Crippen molar-refractivity contribution >= 4 is 11.9 Å². The van der Waals surface area contributed by atoms with Gasteiger partial charge in [-0.2, -0.15) is 0 Å². The molecule has 96 valence electrons. The first-order valence-corrected chi connectivity index (χ1v) is 5.44. The molecule has 1 rings (SSSR count). The van der Waals surface area contributed by atoms with Crippen molar-refractivity contribution < 1.29 is 19.1 Å². The number of rotatable bonds is 6. The predicted molar refractivity (Wildman–Crippen MR) is 64.7 cm³/mol. The van der Waals surface area contributed by atoms with Crippen molar-refractivity contribution in [2.75, 3.05) is 0 Å². The first kappa shape index (κ1) is 13.9. The molecule has 0 unspecified atom stereocenters. The van der Waals surface area contributed by atoms with Crippen molar-refractivity contribution in [1.82, 2.24) is 5.32 Å². The monoisotopic (exact) mass is 251 g/mol. The third-order valence-electron chi connectivity index (χ3n) is 2.37. The summed E-state index contributed by atoms with van der Waals surface area (Å²) in [4.78, 5) is 22.6. The molecule has 0 heterocycles. The molecule has 5 heteroatoms. The highest BCUT2D eigenvalue weighted by molar-refractivity contribution is 5.96. The summed E-state index contributed by atoms with van der Waals surface area (Å²) in [5.41, 5.74) is 0.223. The summed E-state index contributed by atoms with van der Waals surface area (Å²) >= 11 is 0. The van der Waals surface area contributed by atoms with Gasteiger partial charge in [0.2, 0.25) is 0 Å². The van der Waals surface area contributed by atoms with E-state index in [2.05, 4.69) is 11.9 Å². The number of halogens is 1. The molecule has 0 saturated carbocycles. The second-order valence-electron chi connectivity index (χ2n) is 3.74. The lowest BCUT2D eigenvalue weighted by molar-refractivity contribution is -0.139. The number of benzene rings is 1. The lowest BCUT2D eigenvalue weighted by atomic mass is 10.1. The molecule has 0 aliphatic heterocycles. The zero-order valence-electron chi connectivity index (χ0n) is 9.73. The second kappa shape index (κ2) is 6.54. The first-order valence-electron chi connectivity index (χ1n) is 5.44. The van der Waals surface area contributed by atoms with Crippen LogP contribution in [0.4, 0.5) is 4.39 Å². The summed E-state index contributed by atoms with van der Waals surface area (Å²) in [6, 6.07) is 3.93. The van der Waals surface area contributed by atoms with Crippen LogP contribution in [0.5, 0.6) is 0 Å². The number of carbonyl (C=O) groups excluding carboxylic acids is 1. The molecule has 0 aromatic heterocycles. The van der Waals surface area contributed by atoms with Gasteiger partial charge in [0, 0.05) is 5.56 Å². The molecule has 0 bridgehead atoms. The van der Waals surface area contributed by atoms with Crippen LogP contribution in [-0.2, 0) is 4.79 Å². The second-order valence-corrected chi connectivity index (χ2v) is 3.74. The van der Waals surface area contributed by atoms with E-state index >= 15 is 0 Å². The molecule has 0 radical (unpaired) electrons. The van der Waals surface area contributed by atoms with Gasteiger partial charge in [0.15, 0.2) is 0 Å². The normalized spacial score (nSPS) is 11.6. The summed E-state index contributed by atoms with van der Waals surface area (Å²) in [6.07, 6.45) is 2.34. The minimum absolute atomic E-state index is 0.223. The fourth-order valence-corrected chi connectivity index (χ4v) is 1.38. The lowest BCUT2D eigenvalue weighted by Crippen LogP contribution is -2.40. The molecule has 1 aromatic rings. The van der Waals surface area contributed by atoms with Crippen molar-refractivity contribution in [3.63, 3.8) is 0 Å². The van der Waals surface area contributed by atoms with E-state index in [1.807, 2.05) is 0 Å². The van der Waals surface area contributed by atoms with Crippen LogP contribution in [0.15, 0.2) is 36.9 Å². The summed E-state index contributed by atoms with van der Waals surface area (Å²) in [5, 5.41) is 11.3. The average molecular weight is 251 g/mol. The van der Waals surface area contributed by atoms with Gasteiger partial charge in [0.1, 0.15) is 11.9 Å². The Kier molecular flexibility index (Phi) is 5.05. The first-order chi connectivity index (χ1) is 8.54. The van der Waals surface area contributed by atoms with Crippen molar-refractivity contribution in [3.8, 4) is 0 Å². The van der Waals surface area contributed by atoms with Gasteiger partial charge in [0.25, 0.3) is 5.91 Å².